The third-order valence-corrected chi connectivity index (χ3v) is 5.91. The fourth-order valence-corrected chi connectivity index (χ4v) is 3.68. The standard InChI is InChI=1S/C23H26Cl2N4O4/c1-2-33-18-6-4-17(5-7-18)27-22(31)21(30)26-9-10-28-11-13-29(14-12-28)23(32)16-3-8-19(24)20(25)15-16/h3-8,15H,2,9-14H2,1H3,(H,26,30)(H,27,31). The van der Waals surface area contributed by atoms with Crippen molar-refractivity contribution >= 4 is 46.6 Å². The zero-order valence-corrected chi connectivity index (χ0v) is 19.8. The number of hydrogen-bond donors (Lipinski definition) is 2. The Morgan fingerprint density at radius 3 is 2.27 bits per heavy atom. The van der Waals surface area contributed by atoms with E-state index in [0.29, 0.717) is 72.9 Å². The number of nitrogens with one attached hydrogen (secondary N) is 2. The molecule has 1 heterocycles. The Labute approximate surface area is 202 Å². The van der Waals surface area contributed by atoms with Crippen molar-refractivity contribution in [2.45, 2.75) is 6.92 Å². The molecule has 0 saturated carbocycles. The summed E-state index contributed by atoms with van der Waals surface area (Å²) in [7, 11) is 0. The van der Waals surface area contributed by atoms with Crippen LogP contribution in [-0.2, 0) is 9.59 Å². The molecule has 0 unspecified atom stereocenters. The molecular weight excluding hydrogens is 467 g/mol. The first kappa shape index (κ1) is 24.8. The van der Waals surface area contributed by atoms with Crippen molar-refractivity contribution in [2.75, 3.05) is 51.2 Å². The van der Waals surface area contributed by atoms with Crippen LogP contribution in [0.4, 0.5) is 5.69 Å². The van der Waals surface area contributed by atoms with E-state index in [-0.39, 0.29) is 5.91 Å². The van der Waals surface area contributed by atoms with Crippen molar-refractivity contribution in [3.8, 4) is 5.75 Å². The van der Waals surface area contributed by atoms with Gasteiger partial charge in [-0.25, -0.2) is 0 Å². The molecule has 8 nitrogen and oxygen atoms in total. The molecule has 3 rings (SSSR count). The molecule has 1 saturated heterocycles. The van der Waals surface area contributed by atoms with E-state index in [1.807, 2.05) is 6.92 Å². The van der Waals surface area contributed by atoms with Gasteiger partial charge in [0.1, 0.15) is 5.75 Å². The molecule has 0 aliphatic carbocycles. The van der Waals surface area contributed by atoms with Crippen LogP contribution < -0.4 is 15.4 Å². The summed E-state index contributed by atoms with van der Waals surface area (Å²) in [4.78, 5) is 40.7. The summed E-state index contributed by atoms with van der Waals surface area (Å²) < 4.78 is 5.35. The van der Waals surface area contributed by atoms with E-state index in [4.69, 9.17) is 27.9 Å². The summed E-state index contributed by atoms with van der Waals surface area (Å²) in [5, 5.41) is 5.95. The SMILES string of the molecule is CCOc1ccc(NC(=O)C(=O)NCCN2CCN(C(=O)c3ccc(Cl)c(Cl)c3)CC2)cc1. The number of nitrogens with zero attached hydrogens (tertiary/aromatic N) is 2. The van der Waals surface area contributed by atoms with Gasteiger partial charge in [-0.05, 0) is 49.4 Å². The Hall–Kier alpha value is -2.81. The minimum Gasteiger partial charge on any atom is -0.494 e. The predicted octanol–water partition coefficient (Wildman–Crippen LogP) is 2.90. The number of carbonyl (C=O) groups is 3. The fourth-order valence-electron chi connectivity index (χ4n) is 3.38. The van der Waals surface area contributed by atoms with Gasteiger partial charge in [0.15, 0.2) is 0 Å². The lowest BCUT2D eigenvalue weighted by molar-refractivity contribution is -0.136. The van der Waals surface area contributed by atoms with Gasteiger partial charge in [-0.15, -0.1) is 0 Å². The molecule has 0 radical (unpaired) electrons. The van der Waals surface area contributed by atoms with Gasteiger partial charge in [0.2, 0.25) is 0 Å². The molecule has 1 fully saturated rings. The van der Waals surface area contributed by atoms with Crippen LogP contribution in [0.5, 0.6) is 5.75 Å². The second-order valence-corrected chi connectivity index (χ2v) is 8.24. The average Bonchev–Trinajstić information content (AvgIpc) is 2.82. The molecule has 2 aromatic carbocycles. The Morgan fingerprint density at radius 1 is 0.939 bits per heavy atom. The normalized spacial score (nSPS) is 14.0. The number of anilines is 1. The second kappa shape index (κ2) is 11.9. The van der Waals surface area contributed by atoms with E-state index in [1.54, 1.807) is 47.4 Å². The Kier molecular flexibility index (Phi) is 8.94. The van der Waals surface area contributed by atoms with E-state index < -0.39 is 11.8 Å². The number of ether oxygens (including phenoxy) is 1. The number of rotatable bonds is 7. The van der Waals surface area contributed by atoms with Gasteiger partial charge in [-0.3, -0.25) is 19.3 Å². The van der Waals surface area contributed by atoms with Crippen LogP contribution in [0.2, 0.25) is 10.0 Å². The smallest absolute Gasteiger partial charge is 0.313 e. The van der Waals surface area contributed by atoms with Gasteiger partial charge in [0, 0.05) is 50.5 Å². The van der Waals surface area contributed by atoms with Gasteiger partial charge in [0.05, 0.1) is 16.7 Å². The molecule has 0 aromatic heterocycles. The highest BCUT2D eigenvalue weighted by molar-refractivity contribution is 6.42. The van der Waals surface area contributed by atoms with E-state index in [0.717, 1.165) is 0 Å². The average molecular weight is 493 g/mol. The van der Waals surface area contributed by atoms with E-state index in [2.05, 4.69) is 15.5 Å². The predicted molar refractivity (Wildman–Crippen MR) is 128 cm³/mol. The largest absolute Gasteiger partial charge is 0.494 e. The minimum atomic E-state index is -0.726. The molecule has 0 bridgehead atoms. The van der Waals surface area contributed by atoms with Crippen LogP contribution in [-0.4, -0.2) is 73.4 Å². The molecule has 0 spiro atoms. The van der Waals surface area contributed by atoms with Gasteiger partial charge < -0.3 is 20.3 Å². The highest BCUT2D eigenvalue weighted by Gasteiger charge is 2.23. The zero-order valence-electron chi connectivity index (χ0n) is 18.3. The first-order valence-corrected chi connectivity index (χ1v) is 11.4. The summed E-state index contributed by atoms with van der Waals surface area (Å²) >= 11 is 11.9. The number of amides is 3. The Balaban J connectivity index is 1.37. The van der Waals surface area contributed by atoms with Crippen molar-refractivity contribution in [1.82, 2.24) is 15.1 Å². The monoisotopic (exact) mass is 492 g/mol. The van der Waals surface area contributed by atoms with E-state index >= 15 is 0 Å². The molecule has 33 heavy (non-hydrogen) atoms. The quantitative estimate of drug-likeness (QED) is 0.579. The van der Waals surface area contributed by atoms with Crippen LogP contribution in [0.1, 0.15) is 17.3 Å². The summed E-state index contributed by atoms with van der Waals surface area (Å²) in [6, 6.07) is 11.7. The number of hydrogen-bond acceptors (Lipinski definition) is 5. The first-order chi connectivity index (χ1) is 15.9. The van der Waals surface area contributed by atoms with E-state index in [1.165, 1.54) is 0 Å². The number of halogens is 2. The minimum absolute atomic E-state index is 0.0903. The van der Waals surface area contributed by atoms with Gasteiger partial charge in [-0.2, -0.15) is 0 Å². The Morgan fingerprint density at radius 2 is 1.64 bits per heavy atom. The summed E-state index contributed by atoms with van der Waals surface area (Å²) in [5.74, 6) is -0.820. The lowest BCUT2D eigenvalue weighted by Crippen LogP contribution is -2.50. The highest BCUT2D eigenvalue weighted by Crippen LogP contribution is 2.23. The van der Waals surface area contributed by atoms with Crippen molar-refractivity contribution in [2.24, 2.45) is 0 Å². The summed E-state index contributed by atoms with van der Waals surface area (Å²) in [6.07, 6.45) is 0. The molecule has 1 aliphatic rings. The molecule has 176 valence electrons. The molecule has 3 amide bonds. The van der Waals surface area contributed by atoms with Crippen LogP contribution in [0.3, 0.4) is 0 Å². The van der Waals surface area contributed by atoms with Crippen molar-refractivity contribution < 1.29 is 19.1 Å². The molecule has 2 aromatic rings. The van der Waals surface area contributed by atoms with Crippen molar-refractivity contribution in [3.63, 3.8) is 0 Å². The van der Waals surface area contributed by atoms with Gasteiger partial charge in [-0.1, -0.05) is 23.2 Å². The summed E-state index contributed by atoms with van der Waals surface area (Å²) in [5.41, 5.74) is 1.02. The number of piperazine rings is 1. The lowest BCUT2D eigenvalue weighted by atomic mass is 10.2. The molecule has 10 heteroatoms. The fraction of sp³-hybridized carbons (Fsp3) is 0.348. The maximum atomic E-state index is 12.6. The van der Waals surface area contributed by atoms with Gasteiger partial charge >= 0.3 is 11.8 Å². The number of benzene rings is 2. The summed E-state index contributed by atoms with van der Waals surface area (Å²) in [6.45, 7) is 5.81. The lowest BCUT2D eigenvalue weighted by Gasteiger charge is -2.34. The third-order valence-electron chi connectivity index (χ3n) is 5.17. The van der Waals surface area contributed by atoms with Gasteiger partial charge in [0.25, 0.3) is 5.91 Å². The topological polar surface area (TPSA) is 91.0 Å². The van der Waals surface area contributed by atoms with Crippen LogP contribution in [0.15, 0.2) is 42.5 Å². The highest BCUT2D eigenvalue weighted by atomic mass is 35.5. The van der Waals surface area contributed by atoms with Crippen LogP contribution in [0, 0.1) is 0 Å². The van der Waals surface area contributed by atoms with Crippen molar-refractivity contribution in [3.05, 3.63) is 58.1 Å². The van der Waals surface area contributed by atoms with Crippen molar-refractivity contribution in [1.29, 1.82) is 0 Å². The molecule has 0 atom stereocenters. The first-order valence-electron chi connectivity index (χ1n) is 10.7. The molecule has 2 N–H and O–H groups in total. The zero-order chi connectivity index (χ0) is 23.8. The van der Waals surface area contributed by atoms with E-state index in [9.17, 15) is 14.4 Å². The number of carbonyl (C=O) groups excluding carboxylic acids is 3. The van der Waals surface area contributed by atoms with Crippen LogP contribution in [0.25, 0.3) is 0 Å². The van der Waals surface area contributed by atoms with Crippen LogP contribution >= 0.6 is 23.2 Å². The third kappa shape index (κ3) is 7.08. The molecular formula is C23H26Cl2N4O4. The second-order valence-electron chi connectivity index (χ2n) is 7.43. The maximum absolute atomic E-state index is 12.6. The Bertz CT molecular complexity index is 992. The maximum Gasteiger partial charge on any atom is 0.313 e. The molecule has 1 aliphatic heterocycles.